The van der Waals surface area contributed by atoms with Crippen LogP contribution in [-0.4, -0.2) is 60.9 Å². The van der Waals surface area contributed by atoms with Crippen LogP contribution < -0.4 is 16.0 Å². The van der Waals surface area contributed by atoms with E-state index in [4.69, 9.17) is 9.47 Å². The predicted octanol–water partition coefficient (Wildman–Crippen LogP) is 3.16. The van der Waals surface area contributed by atoms with Gasteiger partial charge in [0.25, 0.3) is 0 Å². The summed E-state index contributed by atoms with van der Waals surface area (Å²) in [6, 6.07) is 6.81. The first-order valence-corrected chi connectivity index (χ1v) is 11.8. The van der Waals surface area contributed by atoms with E-state index in [2.05, 4.69) is 20.9 Å². The predicted molar refractivity (Wildman–Crippen MR) is 128 cm³/mol. The molecule has 0 radical (unpaired) electrons. The number of amides is 3. The van der Waals surface area contributed by atoms with Crippen LogP contribution in [0.2, 0.25) is 0 Å². The van der Waals surface area contributed by atoms with Gasteiger partial charge < -0.3 is 25.4 Å². The first-order valence-electron chi connectivity index (χ1n) is 11.8. The maximum absolute atomic E-state index is 12.9. The number of carbonyl (C=O) groups excluding carboxylic acids is 3. The summed E-state index contributed by atoms with van der Waals surface area (Å²) in [4.78, 5) is 39.7. The van der Waals surface area contributed by atoms with Crippen LogP contribution in [0.25, 0.3) is 0 Å². The van der Waals surface area contributed by atoms with Crippen molar-refractivity contribution in [3.8, 4) is 0 Å². The molecule has 3 amide bonds. The molecule has 2 aliphatic rings. The van der Waals surface area contributed by atoms with Crippen LogP contribution in [0.1, 0.15) is 57.7 Å². The highest BCUT2D eigenvalue weighted by Crippen LogP contribution is 2.29. The molecule has 3 N–H and O–H groups in total. The number of hydrogen-bond donors (Lipinski definition) is 3. The molecule has 9 heteroatoms. The second-order valence-corrected chi connectivity index (χ2v) is 9.75. The van der Waals surface area contributed by atoms with Crippen molar-refractivity contribution < 1.29 is 23.9 Å². The minimum atomic E-state index is -0.588. The zero-order valence-corrected chi connectivity index (χ0v) is 20.7. The number of nitrogens with one attached hydrogen (secondary N) is 3. The second-order valence-electron chi connectivity index (χ2n) is 9.75. The highest BCUT2D eigenvalue weighted by atomic mass is 16.6. The van der Waals surface area contributed by atoms with E-state index < -0.39 is 23.7 Å². The van der Waals surface area contributed by atoms with Gasteiger partial charge in [-0.2, -0.15) is 0 Å². The Bertz CT molecular complexity index is 928. The Morgan fingerprint density at radius 3 is 2.38 bits per heavy atom. The molecule has 1 atom stereocenters. The van der Waals surface area contributed by atoms with Gasteiger partial charge in [0.2, 0.25) is 0 Å². The molecular formula is C25H36N4O5. The van der Waals surface area contributed by atoms with Gasteiger partial charge in [0.15, 0.2) is 0 Å². The van der Waals surface area contributed by atoms with Crippen molar-refractivity contribution in [2.75, 3.05) is 26.2 Å². The van der Waals surface area contributed by atoms with Crippen molar-refractivity contribution in [1.82, 2.24) is 20.9 Å². The van der Waals surface area contributed by atoms with Crippen LogP contribution in [0.4, 0.5) is 9.59 Å². The minimum absolute atomic E-state index is 0.0209. The number of likely N-dealkylation sites (tertiary alicyclic amines) is 1. The van der Waals surface area contributed by atoms with Gasteiger partial charge in [-0.05, 0) is 53.0 Å². The van der Waals surface area contributed by atoms with Crippen LogP contribution in [0, 0.1) is 6.92 Å². The molecule has 0 aliphatic carbocycles. The third-order valence-electron chi connectivity index (χ3n) is 5.75. The molecule has 2 heterocycles. The number of alkyl carbamates (subject to hydrolysis) is 1. The standard InChI is InChI=1S/C25H36N4O5/c1-6-33-22(30)20-19(27-23(31)28-21(20)17-9-7-16(2)8-10-17)15-29-13-11-18(12-14-29)26-24(32)34-25(3,4)5/h7-10,18,21H,6,11-15H2,1-5H3,(H,26,32)(H2,27,28,31)/t21-/m1/s1. The molecule has 1 aromatic rings. The number of benzene rings is 1. The van der Waals surface area contributed by atoms with Gasteiger partial charge in [-0.3, -0.25) is 4.90 Å². The molecule has 0 bridgehead atoms. The SMILES string of the molecule is CCOC(=O)C1=C(CN2CCC(NC(=O)OC(C)(C)C)CC2)NC(=O)N[C@@H]1c1ccc(C)cc1. The zero-order valence-electron chi connectivity index (χ0n) is 20.7. The quantitative estimate of drug-likeness (QED) is 0.549. The second kappa shape index (κ2) is 10.9. The number of hydrogen-bond acceptors (Lipinski definition) is 6. The fourth-order valence-corrected chi connectivity index (χ4v) is 4.13. The van der Waals surface area contributed by atoms with Crippen molar-refractivity contribution in [2.24, 2.45) is 0 Å². The Morgan fingerprint density at radius 2 is 1.79 bits per heavy atom. The number of carbonyl (C=O) groups is 3. The molecule has 1 saturated heterocycles. The topological polar surface area (TPSA) is 109 Å². The molecule has 2 aliphatic heterocycles. The number of aryl methyl sites for hydroxylation is 1. The normalized spacial score (nSPS) is 19.8. The molecule has 3 rings (SSSR count). The Balaban J connectivity index is 1.73. The maximum Gasteiger partial charge on any atom is 0.407 e. The smallest absolute Gasteiger partial charge is 0.407 e. The summed E-state index contributed by atoms with van der Waals surface area (Å²) in [6.07, 6.45) is 1.08. The Labute approximate surface area is 201 Å². The lowest BCUT2D eigenvalue weighted by Gasteiger charge is -2.35. The summed E-state index contributed by atoms with van der Waals surface area (Å²) in [5, 5.41) is 8.63. The monoisotopic (exact) mass is 472 g/mol. The van der Waals surface area contributed by atoms with Gasteiger partial charge >= 0.3 is 18.1 Å². The highest BCUT2D eigenvalue weighted by Gasteiger charge is 2.35. The molecule has 0 saturated carbocycles. The van der Waals surface area contributed by atoms with Crippen molar-refractivity contribution in [3.05, 3.63) is 46.7 Å². The van der Waals surface area contributed by atoms with E-state index in [-0.39, 0.29) is 18.7 Å². The van der Waals surface area contributed by atoms with E-state index in [0.29, 0.717) is 30.9 Å². The fourth-order valence-electron chi connectivity index (χ4n) is 4.13. The summed E-state index contributed by atoms with van der Waals surface area (Å²) in [5.74, 6) is -0.447. The Morgan fingerprint density at radius 1 is 1.15 bits per heavy atom. The third-order valence-corrected chi connectivity index (χ3v) is 5.75. The number of urea groups is 1. The number of ether oxygens (including phenoxy) is 2. The van der Waals surface area contributed by atoms with E-state index in [1.165, 1.54) is 0 Å². The summed E-state index contributed by atoms with van der Waals surface area (Å²) < 4.78 is 10.7. The van der Waals surface area contributed by atoms with Crippen molar-refractivity contribution in [3.63, 3.8) is 0 Å². The molecule has 1 fully saturated rings. The van der Waals surface area contributed by atoms with E-state index in [1.807, 2.05) is 52.0 Å². The van der Waals surface area contributed by atoms with Crippen LogP contribution in [0.3, 0.4) is 0 Å². The van der Waals surface area contributed by atoms with E-state index in [0.717, 1.165) is 24.0 Å². The molecule has 34 heavy (non-hydrogen) atoms. The fraction of sp³-hybridized carbons (Fsp3) is 0.560. The van der Waals surface area contributed by atoms with E-state index >= 15 is 0 Å². The van der Waals surface area contributed by atoms with E-state index in [9.17, 15) is 14.4 Å². The number of piperidine rings is 1. The molecule has 1 aromatic carbocycles. The molecule has 0 unspecified atom stereocenters. The molecule has 186 valence electrons. The Hall–Kier alpha value is -3.07. The lowest BCUT2D eigenvalue weighted by molar-refractivity contribution is -0.139. The van der Waals surface area contributed by atoms with Crippen LogP contribution >= 0.6 is 0 Å². The lowest BCUT2D eigenvalue weighted by atomic mass is 9.94. The van der Waals surface area contributed by atoms with Crippen molar-refractivity contribution in [1.29, 1.82) is 0 Å². The largest absolute Gasteiger partial charge is 0.463 e. The average Bonchev–Trinajstić information content (AvgIpc) is 2.74. The minimum Gasteiger partial charge on any atom is -0.463 e. The molecular weight excluding hydrogens is 436 g/mol. The van der Waals surface area contributed by atoms with Gasteiger partial charge in [0.1, 0.15) is 5.60 Å². The number of esters is 1. The number of nitrogens with zero attached hydrogens (tertiary/aromatic N) is 1. The molecule has 0 aromatic heterocycles. The van der Waals surface area contributed by atoms with Crippen molar-refractivity contribution >= 4 is 18.1 Å². The first kappa shape index (κ1) is 25.6. The van der Waals surface area contributed by atoms with Crippen molar-refractivity contribution in [2.45, 2.75) is 65.1 Å². The average molecular weight is 473 g/mol. The number of rotatable bonds is 6. The third kappa shape index (κ3) is 6.96. The van der Waals surface area contributed by atoms with Crippen LogP contribution in [0.15, 0.2) is 35.5 Å². The van der Waals surface area contributed by atoms with Gasteiger partial charge in [-0.25, -0.2) is 14.4 Å². The molecule has 9 nitrogen and oxygen atoms in total. The van der Waals surface area contributed by atoms with Gasteiger partial charge in [-0.1, -0.05) is 29.8 Å². The maximum atomic E-state index is 12.9. The summed E-state index contributed by atoms with van der Waals surface area (Å²) in [5.41, 5.74) is 2.34. The lowest BCUT2D eigenvalue weighted by Crippen LogP contribution is -2.50. The first-order chi connectivity index (χ1) is 16.1. The van der Waals surface area contributed by atoms with Gasteiger partial charge in [0.05, 0.1) is 18.2 Å². The summed E-state index contributed by atoms with van der Waals surface area (Å²) in [7, 11) is 0. The van der Waals surface area contributed by atoms with Gasteiger partial charge in [-0.15, -0.1) is 0 Å². The highest BCUT2D eigenvalue weighted by molar-refractivity contribution is 5.95. The summed E-state index contributed by atoms with van der Waals surface area (Å²) >= 11 is 0. The van der Waals surface area contributed by atoms with Crippen LogP contribution in [0.5, 0.6) is 0 Å². The van der Waals surface area contributed by atoms with Crippen LogP contribution in [-0.2, 0) is 14.3 Å². The zero-order chi connectivity index (χ0) is 24.9. The van der Waals surface area contributed by atoms with Gasteiger partial charge in [0, 0.05) is 31.4 Å². The Kier molecular flexibility index (Phi) is 8.19. The van der Waals surface area contributed by atoms with E-state index in [1.54, 1.807) is 6.92 Å². The molecule has 0 spiro atoms. The summed E-state index contributed by atoms with van der Waals surface area (Å²) in [6.45, 7) is 11.3.